The van der Waals surface area contributed by atoms with Crippen molar-refractivity contribution in [2.45, 2.75) is 11.3 Å². The molecule has 96 valence electrons. The summed E-state index contributed by atoms with van der Waals surface area (Å²) in [4.78, 5) is 6.30. The molecule has 0 aromatic carbocycles. The Labute approximate surface area is 103 Å². The normalized spacial score (nSPS) is 11.5. The number of hydrogen-bond donors (Lipinski definition) is 1. The molecule has 0 unspecified atom stereocenters. The second-order valence-corrected chi connectivity index (χ2v) is 5.96. The summed E-state index contributed by atoms with van der Waals surface area (Å²) in [6.07, 6.45) is 3.75. The largest absolute Gasteiger partial charge is 0.359 e. The molecule has 17 heavy (non-hydrogen) atoms. The van der Waals surface area contributed by atoms with Crippen LogP contribution in [0.3, 0.4) is 0 Å². The van der Waals surface area contributed by atoms with E-state index in [4.69, 9.17) is 0 Å². The summed E-state index contributed by atoms with van der Waals surface area (Å²) >= 11 is 0. The number of pyridine rings is 1. The van der Waals surface area contributed by atoms with Crippen molar-refractivity contribution in [2.24, 2.45) is 0 Å². The van der Waals surface area contributed by atoms with Crippen molar-refractivity contribution >= 4 is 15.7 Å². The third-order valence-electron chi connectivity index (χ3n) is 2.43. The number of aromatic nitrogens is 1. The lowest BCUT2D eigenvalue weighted by atomic mass is 10.3. The zero-order valence-electron chi connectivity index (χ0n) is 10.5. The summed E-state index contributed by atoms with van der Waals surface area (Å²) in [6.45, 7) is 1.66. The maximum Gasteiger partial charge on any atom is 0.179 e. The Kier molecular flexibility index (Phi) is 4.89. The fourth-order valence-electron chi connectivity index (χ4n) is 1.56. The lowest BCUT2D eigenvalue weighted by molar-refractivity contribution is 0.601. The van der Waals surface area contributed by atoms with Gasteiger partial charge in [0.25, 0.3) is 0 Å². The van der Waals surface area contributed by atoms with Crippen molar-refractivity contribution < 1.29 is 8.42 Å². The van der Waals surface area contributed by atoms with E-state index in [0.29, 0.717) is 5.82 Å². The van der Waals surface area contributed by atoms with E-state index < -0.39 is 9.84 Å². The molecule has 0 atom stereocenters. The smallest absolute Gasteiger partial charge is 0.179 e. The van der Waals surface area contributed by atoms with Gasteiger partial charge >= 0.3 is 0 Å². The molecule has 0 radical (unpaired) electrons. The highest BCUT2D eigenvalue weighted by molar-refractivity contribution is 7.90. The van der Waals surface area contributed by atoms with Crippen LogP contribution in [-0.2, 0) is 9.84 Å². The molecule has 5 nitrogen and oxygen atoms in total. The molecule has 1 aromatic heterocycles. The van der Waals surface area contributed by atoms with Gasteiger partial charge in [-0.1, -0.05) is 0 Å². The average Bonchev–Trinajstić information content (AvgIpc) is 2.28. The minimum Gasteiger partial charge on any atom is -0.359 e. The van der Waals surface area contributed by atoms with Crippen LogP contribution in [0, 0.1) is 0 Å². The van der Waals surface area contributed by atoms with E-state index in [-0.39, 0.29) is 4.90 Å². The number of nitrogens with one attached hydrogen (secondary N) is 1. The first-order chi connectivity index (χ1) is 7.96. The topological polar surface area (TPSA) is 62.3 Å². The van der Waals surface area contributed by atoms with Crippen molar-refractivity contribution in [3.8, 4) is 0 Å². The molecule has 0 aliphatic rings. The standard InChI is InChI=1S/C11H19N3O2S/c1-12-7-5-9-14(2)11-10(17(3,15)16)6-4-8-13-11/h4,6,8,12H,5,7,9H2,1-3H3. The van der Waals surface area contributed by atoms with E-state index >= 15 is 0 Å². The van der Waals surface area contributed by atoms with Gasteiger partial charge in [0.1, 0.15) is 10.7 Å². The van der Waals surface area contributed by atoms with E-state index in [1.807, 2.05) is 19.0 Å². The number of rotatable bonds is 6. The third kappa shape index (κ3) is 3.98. The number of hydrogen-bond acceptors (Lipinski definition) is 5. The minimum atomic E-state index is -3.23. The molecule has 0 fully saturated rings. The molecule has 6 heteroatoms. The molecule has 0 bridgehead atoms. The molecular formula is C11H19N3O2S. The van der Waals surface area contributed by atoms with Gasteiger partial charge in [0.05, 0.1) is 0 Å². The van der Waals surface area contributed by atoms with Gasteiger partial charge in [0.2, 0.25) is 0 Å². The molecule has 1 heterocycles. The predicted octanol–water partition coefficient (Wildman–Crippen LogP) is 0.531. The fourth-order valence-corrected chi connectivity index (χ4v) is 2.42. The van der Waals surface area contributed by atoms with Gasteiger partial charge in [-0.25, -0.2) is 13.4 Å². The first-order valence-electron chi connectivity index (χ1n) is 5.47. The molecule has 0 aliphatic carbocycles. The van der Waals surface area contributed by atoms with Gasteiger partial charge in [-0.05, 0) is 32.1 Å². The Balaban J connectivity index is 2.90. The molecule has 0 amide bonds. The quantitative estimate of drug-likeness (QED) is 0.753. The molecular weight excluding hydrogens is 238 g/mol. The van der Waals surface area contributed by atoms with Crippen molar-refractivity contribution in [3.63, 3.8) is 0 Å². The fraction of sp³-hybridized carbons (Fsp3) is 0.545. The highest BCUT2D eigenvalue weighted by Gasteiger charge is 2.16. The van der Waals surface area contributed by atoms with Crippen LogP contribution in [0.4, 0.5) is 5.82 Å². The molecule has 1 N–H and O–H groups in total. The zero-order valence-corrected chi connectivity index (χ0v) is 11.3. The Morgan fingerprint density at radius 1 is 1.47 bits per heavy atom. The van der Waals surface area contributed by atoms with Gasteiger partial charge in [-0.15, -0.1) is 0 Å². The Hall–Kier alpha value is -1.14. The molecule has 0 spiro atoms. The average molecular weight is 257 g/mol. The molecule has 0 saturated heterocycles. The lowest BCUT2D eigenvalue weighted by Gasteiger charge is -2.20. The van der Waals surface area contributed by atoms with Crippen LogP contribution >= 0.6 is 0 Å². The van der Waals surface area contributed by atoms with E-state index in [0.717, 1.165) is 19.5 Å². The van der Waals surface area contributed by atoms with E-state index in [2.05, 4.69) is 10.3 Å². The van der Waals surface area contributed by atoms with Crippen molar-refractivity contribution in [1.29, 1.82) is 0 Å². The summed E-state index contributed by atoms with van der Waals surface area (Å²) in [7, 11) is 0.517. The Morgan fingerprint density at radius 2 is 2.18 bits per heavy atom. The van der Waals surface area contributed by atoms with Crippen LogP contribution in [0.15, 0.2) is 23.2 Å². The number of nitrogens with zero attached hydrogens (tertiary/aromatic N) is 2. The van der Waals surface area contributed by atoms with E-state index in [1.165, 1.54) is 6.26 Å². The maximum absolute atomic E-state index is 11.6. The zero-order chi connectivity index (χ0) is 12.9. The first kappa shape index (κ1) is 13.9. The van der Waals surface area contributed by atoms with Gasteiger partial charge in [0, 0.05) is 26.0 Å². The monoisotopic (exact) mass is 257 g/mol. The van der Waals surface area contributed by atoms with Crippen LogP contribution in [0.1, 0.15) is 6.42 Å². The second-order valence-electron chi connectivity index (χ2n) is 3.98. The summed E-state index contributed by atoms with van der Waals surface area (Å²) in [6, 6.07) is 3.23. The number of sulfone groups is 1. The molecule has 1 rings (SSSR count). The second kappa shape index (κ2) is 5.97. The van der Waals surface area contributed by atoms with Crippen molar-refractivity contribution in [2.75, 3.05) is 38.3 Å². The van der Waals surface area contributed by atoms with Crippen LogP contribution in [0.2, 0.25) is 0 Å². The van der Waals surface area contributed by atoms with Crippen LogP contribution in [0.25, 0.3) is 0 Å². The van der Waals surface area contributed by atoms with Gasteiger partial charge in [-0.2, -0.15) is 0 Å². The Bertz CT molecular complexity index is 460. The molecule has 0 aliphatic heterocycles. The summed E-state index contributed by atoms with van der Waals surface area (Å²) in [5, 5.41) is 3.05. The maximum atomic E-state index is 11.6. The first-order valence-corrected chi connectivity index (χ1v) is 7.36. The lowest BCUT2D eigenvalue weighted by Crippen LogP contribution is -2.24. The number of anilines is 1. The van der Waals surface area contributed by atoms with Crippen LogP contribution < -0.4 is 10.2 Å². The van der Waals surface area contributed by atoms with Crippen molar-refractivity contribution in [1.82, 2.24) is 10.3 Å². The highest BCUT2D eigenvalue weighted by Crippen LogP contribution is 2.20. The van der Waals surface area contributed by atoms with Gasteiger partial charge < -0.3 is 10.2 Å². The summed E-state index contributed by atoms with van der Waals surface area (Å²) < 4.78 is 23.2. The van der Waals surface area contributed by atoms with Crippen molar-refractivity contribution in [3.05, 3.63) is 18.3 Å². The summed E-state index contributed by atoms with van der Waals surface area (Å²) in [5.41, 5.74) is 0. The van der Waals surface area contributed by atoms with E-state index in [1.54, 1.807) is 18.3 Å². The van der Waals surface area contributed by atoms with Crippen LogP contribution in [-0.4, -0.2) is 46.8 Å². The van der Waals surface area contributed by atoms with Gasteiger partial charge in [-0.3, -0.25) is 0 Å². The SMILES string of the molecule is CNCCCN(C)c1ncccc1S(C)(=O)=O. The molecule has 1 aromatic rings. The Morgan fingerprint density at radius 3 is 2.76 bits per heavy atom. The van der Waals surface area contributed by atoms with E-state index in [9.17, 15) is 8.42 Å². The van der Waals surface area contributed by atoms with Gasteiger partial charge in [0.15, 0.2) is 9.84 Å². The third-order valence-corrected chi connectivity index (χ3v) is 3.55. The molecule has 0 saturated carbocycles. The highest BCUT2D eigenvalue weighted by atomic mass is 32.2. The summed E-state index contributed by atoms with van der Waals surface area (Å²) in [5.74, 6) is 0.520. The van der Waals surface area contributed by atoms with Crippen LogP contribution in [0.5, 0.6) is 0 Å². The predicted molar refractivity (Wildman–Crippen MR) is 69.2 cm³/mol. The minimum absolute atomic E-state index is 0.284.